The molecule has 0 aromatic carbocycles. The van der Waals surface area contributed by atoms with Crippen LogP contribution < -0.4 is 5.73 Å². The molecule has 2 aliphatic rings. The fraction of sp³-hybridized carbons (Fsp3) is 0.933. The van der Waals surface area contributed by atoms with Crippen molar-refractivity contribution in [3.63, 3.8) is 0 Å². The number of likely N-dealkylation sites (tertiary alicyclic amines) is 1. The number of halogens is 3. The van der Waals surface area contributed by atoms with Crippen LogP contribution in [-0.2, 0) is 4.79 Å². The molecule has 2 N–H and O–H groups in total. The van der Waals surface area contributed by atoms with Crippen molar-refractivity contribution in [3.8, 4) is 0 Å². The van der Waals surface area contributed by atoms with E-state index in [2.05, 4.69) is 0 Å². The number of hydrogen-bond acceptors (Lipinski definition) is 2. The normalized spacial score (nSPS) is 32.8. The molecule has 2 atom stereocenters. The summed E-state index contributed by atoms with van der Waals surface area (Å²) >= 11 is 0. The lowest BCUT2D eigenvalue weighted by Gasteiger charge is -2.41. The van der Waals surface area contributed by atoms with Crippen LogP contribution in [0.25, 0.3) is 0 Å². The zero-order chi connectivity index (χ0) is 15.6. The topological polar surface area (TPSA) is 46.3 Å². The van der Waals surface area contributed by atoms with Gasteiger partial charge in [0.1, 0.15) is 0 Å². The maximum absolute atomic E-state index is 12.7. The Morgan fingerprint density at radius 2 is 1.76 bits per heavy atom. The molecule has 2 fully saturated rings. The summed E-state index contributed by atoms with van der Waals surface area (Å²) in [7, 11) is 0. The molecule has 122 valence electrons. The van der Waals surface area contributed by atoms with Crippen molar-refractivity contribution >= 4 is 5.91 Å². The van der Waals surface area contributed by atoms with Crippen LogP contribution in [-0.4, -0.2) is 35.6 Å². The third-order valence-corrected chi connectivity index (χ3v) is 4.98. The summed E-state index contributed by atoms with van der Waals surface area (Å²) in [6.07, 6.45) is -0.318. The van der Waals surface area contributed by atoms with Gasteiger partial charge >= 0.3 is 6.18 Å². The Kier molecular flexibility index (Phi) is 5.17. The van der Waals surface area contributed by atoms with Crippen molar-refractivity contribution in [1.82, 2.24) is 4.90 Å². The second-order valence-corrected chi connectivity index (χ2v) is 6.54. The third-order valence-electron chi connectivity index (χ3n) is 4.98. The lowest BCUT2D eigenvalue weighted by Crippen LogP contribution is -2.53. The Morgan fingerprint density at radius 3 is 2.29 bits per heavy atom. The van der Waals surface area contributed by atoms with E-state index in [-0.39, 0.29) is 36.8 Å². The quantitative estimate of drug-likeness (QED) is 0.852. The van der Waals surface area contributed by atoms with Gasteiger partial charge in [-0.1, -0.05) is 0 Å². The minimum atomic E-state index is -4.12. The first kappa shape index (κ1) is 16.6. The molecule has 0 bridgehead atoms. The minimum absolute atomic E-state index is 0.0256. The SMILES string of the molecule is CC(N)C1CCCCN1C(=O)C1CCC(C(F)(F)F)CC1. The fourth-order valence-corrected chi connectivity index (χ4v) is 3.68. The predicted molar refractivity (Wildman–Crippen MR) is 74.5 cm³/mol. The Balaban J connectivity index is 1.94. The first-order valence-corrected chi connectivity index (χ1v) is 7.93. The van der Waals surface area contributed by atoms with Crippen molar-refractivity contribution in [2.45, 2.75) is 70.1 Å². The van der Waals surface area contributed by atoms with Gasteiger partial charge in [0.2, 0.25) is 5.91 Å². The summed E-state index contributed by atoms with van der Waals surface area (Å²) in [6.45, 7) is 2.60. The molecule has 1 aliphatic heterocycles. The van der Waals surface area contributed by atoms with Crippen LogP contribution >= 0.6 is 0 Å². The van der Waals surface area contributed by atoms with E-state index in [0.29, 0.717) is 19.4 Å². The van der Waals surface area contributed by atoms with E-state index in [9.17, 15) is 18.0 Å². The largest absolute Gasteiger partial charge is 0.391 e. The summed E-state index contributed by atoms with van der Waals surface area (Å²) in [6, 6.07) is -0.0349. The molecule has 6 heteroatoms. The van der Waals surface area contributed by atoms with Gasteiger partial charge in [0, 0.05) is 24.5 Å². The summed E-state index contributed by atoms with van der Waals surface area (Å²) in [5.41, 5.74) is 5.96. The number of carbonyl (C=O) groups is 1. The van der Waals surface area contributed by atoms with Gasteiger partial charge in [-0.25, -0.2) is 0 Å². The molecule has 1 saturated carbocycles. The van der Waals surface area contributed by atoms with Crippen molar-refractivity contribution in [1.29, 1.82) is 0 Å². The number of nitrogens with zero attached hydrogens (tertiary/aromatic N) is 1. The molecule has 0 aromatic heterocycles. The lowest BCUT2D eigenvalue weighted by molar-refractivity contribution is -0.185. The summed E-state index contributed by atoms with van der Waals surface area (Å²) in [5, 5.41) is 0. The zero-order valence-electron chi connectivity index (χ0n) is 12.5. The fourth-order valence-electron chi connectivity index (χ4n) is 3.68. The number of alkyl halides is 3. The van der Waals surface area contributed by atoms with Crippen LogP contribution in [0.1, 0.15) is 51.9 Å². The maximum Gasteiger partial charge on any atom is 0.391 e. The van der Waals surface area contributed by atoms with E-state index in [1.807, 2.05) is 11.8 Å². The van der Waals surface area contributed by atoms with Crippen molar-refractivity contribution in [2.24, 2.45) is 17.6 Å². The number of nitrogens with two attached hydrogens (primary N) is 1. The van der Waals surface area contributed by atoms with Gasteiger partial charge in [-0.3, -0.25) is 4.79 Å². The first-order chi connectivity index (χ1) is 9.80. The standard InChI is InChI=1S/C15H25F3N2O/c1-10(19)13-4-2-3-9-20(13)14(21)11-5-7-12(8-6-11)15(16,17)18/h10-13H,2-9,19H2,1H3. The second kappa shape index (κ2) is 6.55. The summed E-state index contributed by atoms with van der Waals surface area (Å²) < 4.78 is 38.0. The second-order valence-electron chi connectivity index (χ2n) is 6.54. The number of piperidine rings is 1. The van der Waals surface area contributed by atoms with E-state index in [1.54, 1.807) is 0 Å². The van der Waals surface area contributed by atoms with E-state index in [1.165, 1.54) is 0 Å². The van der Waals surface area contributed by atoms with E-state index < -0.39 is 12.1 Å². The highest BCUT2D eigenvalue weighted by Crippen LogP contribution is 2.40. The number of hydrogen-bond donors (Lipinski definition) is 1. The molecule has 2 unspecified atom stereocenters. The van der Waals surface area contributed by atoms with Gasteiger partial charge in [0.25, 0.3) is 0 Å². The Bertz CT molecular complexity index is 362. The van der Waals surface area contributed by atoms with Crippen molar-refractivity contribution < 1.29 is 18.0 Å². The lowest BCUT2D eigenvalue weighted by atomic mass is 9.80. The number of rotatable bonds is 2. The zero-order valence-corrected chi connectivity index (χ0v) is 12.5. The van der Waals surface area contributed by atoms with Crippen LogP contribution in [0, 0.1) is 11.8 Å². The van der Waals surface area contributed by atoms with Crippen molar-refractivity contribution in [2.75, 3.05) is 6.54 Å². The molecule has 1 aliphatic carbocycles. The Labute approximate surface area is 124 Å². The molecule has 1 heterocycles. The van der Waals surface area contributed by atoms with E-state index in [0.717, 1.165) is 19.3 Å². The summed E-state index contributed by atoms with van der Waals surface area (Å²) in [5.74, 6) is -1.45. The van der Waals surface area contributed by atoms with Crippen LogP contribution in [0.4, 0.5) is 13.2 Å². The van der Waals surface area contributed by atoms with E-state index in [4.69, 9.17) is 5.73 Å². The monoisotopic (exact) mass is 306 g/mol. The van der Waals surface area contributed by atoms with Gasteiger partial charge in [0.15, 0.2) is 0 Å². The smallest absolute Gasteiger partial charge is 0.338 e. The Hall–Kier alpha value is -0.780. The highest BCUT2D eigenvalue weighted by Gasteiger charge is 2.43. The molecular weight excluding hydrogens is 281 g/mol. The molecule has 0 aromatic rings. The molecule has 21 heavy (non-hydrogen) atoms. The molecule has 1 amide bonds. The van der Waals surface area contributed by atoms with Crippen LogP contribution in [0.15, 0.2) is 0 Å². The van der Waals surface area contributed by atoms with E-state index >= 15 is 0 Å². The first-order valence-electron chi connectivity index (χ1n) is 7.93. The van der Waals surface area contributed by atoms with Gasteiger partial charge in [-0.2, -0.15) is 13.2 Å². The van der Waals surface area contributed by atoms with Crippen LogP contribution in [0.3, 0.4) is 0 Å². The average Bonchev–Trinajstić information content (AvgIpc) is 2.45. The molecule has 2 rings (SSSR count). The van der Waals surface area contributed by atoms with Gasteiger partial charge in [-0.05, 0) is 51.9 Å². The van der Waals surface area contributed by atoms with Crippen LogP contribution in [0.2, 0.25) is 0 Å². The highest BCUT2D eigenvalue weighted by molar-refractivity contribution is 5.79. The molecule has 0 spiro atoms. The van der Waals surface area contributed by atoms with Crippen LogP contribution in [0.5, 0.6) is 0 Å². The summed E-state index contributed by atoms with van der Waals surface area (Å²) in [4.78, 5) is 14.5. The number of amides is 1. The maximum atomic E-state index is 12.7. The predicted octanol–water partition coefficient (Wildman–Crippen LogP) is 3.08. The van der Waals surface area contributed by atoms with Crippen molar-refractivity contribution in [3.05, 3.63) is 0 Å². The highest BCUT2D eigenvalue weighted by atomic mass is 19.4. The molecule has 3 nitrogen and oxygen atoms in total. The van der Waals surface area contributed by atoms with Gasteiger partial charge in [0.05, 0.1) is 5.92 Å². The van der Waals surface area contributed by atoms with Gasteiger partial charge < -0.3 is 10.6 Å². The third kappa shape index (κ3) is 3.90. The average molecular weight is 306 g/mol. The molecular formula is C15H25F3N2O. The Morgan fingerprint density at radius 1 is 1.14 bits per heavy atom. The molecule has 0 radical (unpaired) electrons. The van der Waals surface area contributed by atoms with Gasteiger partial charge in [-0.15, -0.1) is 0 Å². The number of carbonyl (C=O) groups excluding carboxylic acids is 1. The molecule has 1 saturated heterocycles. The minimum Gasteiger partial charge on any atom is -0.338 e.